The van der Waals surface area contributed by atoms with E-state index in [0.29, 0.717) is 45.7 Å². The van der Waals surface area contributed by atoms with Crippen LogP contribution in [0, 0.1) is 18.2 Å². The van der Waals surface area contributed by atoms with Gasteiger partial charge in [0.15, 0.2) is 5.82 Å². The number of anilines is 1. The van der Waals surface area contributed by atoms with Crippen molar-refractivity contribution >= 4 is 39.2 Å². The van der Waals surface area contributed by atoms with E-state index in [4.69, 9.17) is 40.8 Å². The summed E-state index contributed by atoms with van der Waals surface area (Å²) in [6.07, 6.45) is 9.07. The zero-order chi connectivity index (χ0) is 36.1. The highest BCUT2D eigenvalue weighted by molar-refractivity contribution is 6.33. The second-order valence-electron chi connectivity index (χ2n) is 14.7. The number of likely N-dealkylation sites (tertiary alicyclic amines) is 1. The van der Waals surface area contributed by atoms with Crippen molar-refractivity contribution in [2.45, 2.75) is 96.4 Å². The first-order chi connectivity index (χ1) is 24.6. The predicted octanol–water partition coefficient (Wildman–Crippen LogP) is 5.83. The van der Waals surface area contributed by atoms with Crippen molar-refractivity contribution in [1.29, 1.82) is 0 Å². The van der Waals surface area contributed by atoms with Crippen LogP contribution >= 0.6 is 11.6 Å². The van der Waals surface area contributed by atoms with Crippen LogP contribution in [0.25, 0.3) is 33.1 Å². The zero-order valence-corrected chi connectivity index (χ0v) is 30.9. The van der Waals surface area contributed by atoms with Gasteiger partial charge in [0.2, 0.25) is 5.88 Å². The van der Waals surface area contributed by atoms with Crippen LogP contribution in [-0.4, -0.2) is 111 Å². The Balaban J connectivity index is 0.00000200. The largest absolute Gasteiger partial charge is 0.480 e. The van der Waals surface area contributed by atoms with Gasteiger partial charge in [0.25, 0.3) is 0 Å². The number of aromatic amines is 1. The van der Waals surface area contributed by atoms with Crippen LogP contribution < -0.4 is 14.4 Å². The highest BCUT2D eigenvalue weighted by atomic mass is 35.5. The fraction of sp³-hybridized carbons (Fsp3) is 0.622. The maximum absolute atomic E-state index is 17.2. The highest BCUT2D eigenvalue weighted by Crippen LogP contribution is 2.51. The lowest BCUT2D eigenvalue weighted by Crippen LogP contribution is -2.52. The van der Waals surface area contributed by atoms with Crippen molar-refractivity contribution in [3.63, 3.8) is 0 Å². The van der Waals surface area contributed by atoms with Crippen LogP contribution in [0.1, 0.15) is 71.3 Å². The lowest BCUT2D eigenvalue weighted by atomic mass is 9.75. The van der Waals surface area contributed by atoms with Gasteiger partial charge in [-0.05, 0) is 70.5 Å². The number of hydrogen-bond acceptors (Lipinski definition) is 11. The molecule has 4 aliphatic rings. The van der Waals surface area contributed by atoms with E-state index >= 15 is 4.39 Å². The number of β-amino-alcohol motifs (C(OH)–C–C–N with tert-alkyl or cyclic N) is 1. The first kappa shape index (κ1) is 36.0. The van der Waals surface area contributed by atoms with E-state index in [2.05, 4.69) is 15.1 Å². The lowest BCUT2D eigenvalue weighted by molar-refractivity contribution is -0.0528. The molecule has 276 valence electrons. The van der Waals surface area contributed by atoms with Crippen molar-refractivity contribution < 1.29 is 28.8 Å². The second kappa shape index (κ2) is 14.2. The minimum absolute atomic E-state index is 0.00510. The van der Waals surface area contributed by atoms with Crippen LogP contribution in [-0.2, 0) is 4.74 Å². The summed E-state index contributed by atoms with van der Waals surface area (Å²) >= 11 is 6.62. The number of nitrogens with zero attached hydrogens (tertiary/aromatic N) is 6. The van der Waals surface area contributed by atoms with Crippen molar-refractivity contribution in [2.24, 2.45) is 5.41 Å². The number of aromatic nitrogens is 5. The van der Waals surface area contributed by atoms with E-state index in [9.17, 15) is 10.2 Å². The number of hydrogen-bond donors (Lipinski definition) is 3. The maximum atomic E-state index is 17.2. The third kappa shape index (κ3) is 6.60. The normalized spacial score (nSPS) is 26.9. The van der Waals surface area contributed by atoms with Crippen LogP contribution in [0.5, 0.6) is 11.9 Å². The number of rotatable bonds is 8. The molecule has 14 heteroatoms. The monoisotopic (exact) mass is 725 g/mol. The van der Waals surface area contributed by atoms with Crippen LogP contribution in [0.4, 0.5) is 10.2 Å². The third-order valence-corrected chi connectivity index (χ3v) is 11.4. The molecule has 2 aliphatic heterocycles. The van der Waals surface area contributed by atoms with Gasteiger partial charge in [0.1, 0.15) is 28.0 Å². The maximum Gasteiger partial charge on any atom is 0.319 e. The second-order valence-corrected chi connectivity index (χ2v) is 15.1. The molecule has 4 aromatic rings. The Morgan fingerprint density at radius 1 is 1.16 bits per heavy atom. The molecular formula is C37H49ClFN7O5. The fourth-order valence-corrected chi connectivity index (χ4v) is 8.76. The van der Waals surface area contributed by atoms with Crippen molar-refractivity contribution in [2.75, 3.05) is 51.5 Å². The van der Waals surface area contributed by atoms with Crippen molar-refractivity contribution in [3.05, 3.63) is 28.7 Å². The Morgan fingerprint density at radius 3 is 2.69 bits per heavy atom. The van der Waals surface area contributed by atoms with Gasteiger partial charge in [-0.1, -0.05) is 31.9 Å². The minimum atomic E-state index is -1.30. The SMILES string of the molecule is CC.COc1nc(-c2c(C)c(Cl)cc3[nH]ncc23)c(F)c2nc(OCC34CCCC3N(C3CC3)CCC4)nc(N3CC(CO)OCC(C)(O)C3)c12. The topological polar surface area (TPSA) is 142 Å². The summed E-state index contributed by atoms with van der Waals surface area (Å²) in [6.45, 7) is 9.01. The molecule has 0 spiro atoms. The quantitative estimate of drug-likeness (QED) is 0.202. The third-order valence-electron chi connectivity index (χ3n) is 11.0. The Kier molecular flexibility index (Phi) is 10.0. The molecule has 4 atom stereocenters. The Bertz CT molecular complexity index is 1900. The number of H-pyrrole nitrogens is 1. The number of pyridine rings is 1. The van der Waals surface area contributed by atoms with Gasteiger partial charge in [0.05, 0.1) is 51.3 Å². The first-order valence-electron chi connectivity index (χ1n) is 18.3. The van der Waals surface area contributed by atoms with E-state index in [1.54, 1.807) is 24.1 Å². The molecule has 1 aromatic carbocycles. The molecule has 3 N–H and O–H groups in total. The van der Waals surface area contributed by atoms with Gasteiger partial charge < -0.3 is 29.3 Å². The molecule has 2 saturated heterocycles. The molecule has 12 nitrogen and oxygen atoms in total. The first-order valence-corrected chi connectivity index (χ1v) is 18.7. The molecule has 0 amide bonds. The van der Waals surface area contributed by atoms with Crippen LogP contribution in [0.15, 0.2) is 12.3 Å². The van der Waals surface area contributed by atoms with E-state index in [0.717, 1.165) is 38.6 Å². The Hall–Kier alpha value is -3.36. The number of fused-ring (bicyclic) bond motifs is 3. The standard InChI is InChI=1S/C35H43ClFN7O5.C2H6/c1-19-23(36)12-24-22(13-38-42-24)26(19)29-28(37)30-27(32(39-29)47-3)31(43-14-21(15-45)48-17-34(2,46)16-43)41-33(40-30)49-18-35-9-4-6-25(35)44(11-5-10-35)20-7-8-20;1-2/h12-13,20-21,25,45-46H,4-11,14-18H2,1-3H3,(H,38,42);1-2H3. The number of benzene rings is 1. The van der Waals surface area contributed by atoms with Gasteiger partial charge in [-0.2, -0.15) is 15.1 Å². The number of halogens is 2. The smallest absolute Gasteiger partial charge is 0.319 e. The summed E-state index contributed by atoms with van der Waals surface area (Å²) in [5, 5.41) is 29.7. The summed E-state index contributed by atoms with van der Waals surface area (Å²) in [5.41, 5.74) is 0.392. The molecular weight excluding hydrogens is 677 g/mol. The molecule has 2 saturated carbocycles. The van der Waals surface area contributed by atoms with E-state index in [1.807, 2.05) is 20.8 Å². The van der Waals surface area contributed by atoms with E-state index in [-0.39, 0.29) is 66.0 Å². The predicted molar refractivity (Wildman–Crippen MR) is 194 cm³/mol. The average Bonchev–Trinajstić information content (AvgIpc) is 3.77. The number of nitrogens with one attached hydrogen (secondary N) is 1. The summed E-state index contributed by atoms with van der Waals surface area (Å²) in [4.78, 5) is 18.8. The molecule has 2 aliphatic carbocycles. The van der Waals surface area contributed by atoms with Gasteiger partial charge >= 0.3 is 6.01 Å². The number of methoxy groups -OCH3 is 1. The number of aliphatic hydroxyl groups is 2. The molecule has 8 rings (SSSR count). The number of ether oxygens (including phenoxy) is 3. The van der Waals surface area contributed by atoms with Gasteiger partial charge in [-0.25, -0.2) is 9.37 Å². The molecule has 4 unspecified atom stereocenters. The van der Waals surface area contributed by atoms with Gasteiger partial charge in [0, 0.05) is 40.0 Å². The van der Waals surface area contributed by atoms with Crippen LogP contribution in [0.3, 0.4) is 0 Å². The molecule has 0 radical (unpaired) electrons. The molecule has 51 heavy (non-hydrogen) atoms. The van der Waals surface area contributed by atoms with Gasteiger partial charge in [-0.15, -0.1) is 0 Å². The lowest BCUT2D eigenvalue weighted by Gasteiger charge is -2.46. The summed E-state index contributed by atoms with van der Waals surface area (Å²) < 4.78 is 35.4. The molecule has 4 fully saturated rings. The number of piperidine rings is 1. The van der Waals surface area contributed by atoms with Crippen molar-refractivity contribution in [1.82, 2.24) is 30.0 Å². The van der Waals surface area contributed by atoms with Crippen molar-refractivity contribution in [3.8, 4) is 23.1 Å². The fourth-order valence-electron chi connectivity index (χ4n) is 8.56. The highest BCUT2D eigenvalue weighted by Gasteiger charge is 2.51. The van der Waals surface area contributed by atoms with E-state index in [1.165, 1.54) is 20.0 Å². The Labute approximate surface area is 302 Å². The summed E-state index contributed by atoms with van der Waals surface area (Å²) in [6, 6.07) is 2.91. The summed E-state index contributed by atoms with van der Waals surface area (Å²) in [5.74, 6) is -0.321. The van der Waals surface area contributed by atoms with Gasteiger partial charge in [-0.3, -0.25) is 10.00 Å². The summed E-state index contributed by atoms with van der Waals surface area (Å²) in [7, 11) is 1.46. The molecule has 0 bridgehead atoms. The minimum Gasteiger partial charge on any atom is -0.480 e. The zero-order valence-electron chi connectivity index (χ0n) is 30.1. The number of aliphatic hydroxyl groups excluding tert-OH is 1. The Morgan fingerprint density at radius 2 is 1.94 bits per heavy atom. The molecule has 5 heterocycles. The van der Waals surface area contributed by atoms with E-state index < -0.39 is 17.5 Å². The van der Waals surface area contributed by atoms with Crippen LogP contribution in [0.2, 0.25) is 5.02 Å². The molecule has 3 aromatic heterocycles. The average molecular weight is 726 g/mol.